The molecule has 1 unspecified atom stereocenters. The number of rotatable bonds is 5. The van der Waals surface area contributed by atoms with E-state index in [2.05, 4.69) is 10.3 Å². The summed E-state index contributed by atoms with van der Waals surface area (Å²) < 4.78 is 5.73. The van der Waals surface area contributed by atoms with E-state index in [1.807, 2.05) is 31.2 Å². The molecule has 0 bridgehead atoms. The lowest BCUT2D eigenvalue weighted by atomic mass is 10.1. The van der Waals surface area contributed by atoms with Gasteiger partial charge in [-0.3, -0.25) is 4.79 Å². The molecule has 2 N–H and O–H groups in total. The van der Waals surface area contributed by atoms with Crippen LogP contribution in [0.2, 0.25) is 5.02 Å². The highest BCUT2D eigenvalue weighted by atomic mass is 35.5. The Bertz CT molecular complexity index is 1120. The van der Waals surface area contributed by atoms with Crippen molar-refractivity contribution in [2.75, 3.05) is 18.5 Å². The van der Waals surface area contributed by atoms with Crippen LogP contribution in [-0.2, 0) is 11.3 Å². The van der Waals surface area contributed by atoms with Gasteiger partial charge in [-0.2, -0.15) is 0 Å². The summed E-state index contributed by atoms with van der Waals surface area (Å²) in [4.78, 5) is 30.2. The largest absolute Gasteiger partial charge is 0.376 e. The summed E-state index contributed by atoms with van der Waals surface area (Å²) in [6.45, 7) is 3.31. The predicted molar refractivity (Wildman–Crippen MR) is 119 cm³/mol. The molecule has 2 aromatic carbocycles. The number of nitrogens with one attached hydrogen (secondary N) is 2. The first-order chi connectivity index (χ1) is 14.5. The molecule has 3 aromatic rings. The number of fused-ring (bicyclic) bond motifs is 1. The van der Waals surface area contributed by atoms with E-state index in [0.29, 0.717) is 29.4 Å². The van der Waals surface area contributed by atoms with Crippen LogP contribution < -0.4 is 10.9 Å². The molecule has 30 heavy (non-hydrogen) atoms. The Kier molecular flexibility index (Phi) is 6.06. The number of ether oxygens (including phenoxy) is 1. The Morgan fingerprint density at radius 2 is 2.13 bits per heavy atom. The molecule has 1 fully saturated rings. The molecule has 0 saturated carbocycles. The van der Waals surface area contributed by atoms with Gasteiger partial charge in [0.2, 0.25) is 0 Å². The van der Waals surface area contributed by atoms with E-state index < -0.39 is 0 Å². The molecule has 1 aliphatic heterocycles. The molecule has 1 aliphatic rings. The van der Waals surface area contributed by atoms with Crippen LogP contribution in [-0.4, -0.2) is 35.2 Å². The third-order valence-corrected chi connectivity index (χ3v) is 5.48. The van der Waals surface area contributed by atoms with Gasteiger partial charge in [-0.15, -0.1) is 0 Å². The Labute approximate surface area is 179 Å². The number of benzene rings is 2. The number of anilines is 1. The Morgan fingerprint density at radius 3 is 2.90 bits per heavy atom. The van der Waals surface area contributed by atoms with Crippen LogP contribution in [0.1, 0.15) is 24.0 Å². The molecule has 1 aromatic heterocycles. The van der Waals surface area contributed by atoms with Crippen molar-refractivity contribution in [1.82, 2.24) is 9.88 Å². The van der Waals surface area contributed by atoms with Crippen molar-refractivity contribution in [3.05, 3.63) is 75.0 Å². The molecule has 1 atom stereocenters. The van der Waals surface area contributed by atoms with Gasteiger partial charge in [-0.1, -0.05) is 29.3 Å². The average Bonchev–Trinajstić information content (AvgIpc) is 3.21. The van der Waals surface area contributed by atoms with Crippen molar-refractivity contribution in [2.24, 2.45) is 0 Å². The summed E-state index contributed by atoms with van der Waals surface area (Å²) in [5.74, 6) is 0. The summed E-state index contributed by atoms with van der Waals surface area (Å²) in [6.07, 6.45) is 1.84. The fraction of sp³-hybridized carbons (Fsp3) is 0.304. The summed E-state index contributed by atoms with van der Waals surface area (Å²) in [5.41, 5.74) is 2.83. The van der Waals surface area contributed by atoms with Gasteiger partial charge in [0.1, 0.15) is 0 Å². The van der Waals surface area contributed by atoms with Crippen molar-refractivity contribution in [3.63, 3.8) is 0 Å². The Hall–Kier alpha value is -2.83. The number of halogens is 1. The number of H-pyrrole nitrogens is 1. The molecule has 2 amide bonds. The van der Waals surface area contributed by atoms with Crippen LogP contribution in [0.3, 0.4) is 0 Å². The zero-order valence-electron chi connectivity index (χ0n) is 16.8. The molecule has 0 radical (unpaired) electrons. The first kappa shape index (κ1) is 20.4. The van der Waals surface area contributed by atoms with Crippen LogP contribution >= 0.6 is 11.6 Å². The Balaban J connectivity index is 1.60. The number of amides is 2. The van der Waals surface area contributed by atoms with E-state index in [4.69, 9.17) is 16.3 Å². The average molecular weight is 426 g/mol. The summed E-state index contributed by atoms with van der Waals surface area (Å²) >= 11 is 6.03. The third kappa shape index (κ3) is 4.83. The highest BCUT2D eigenvalue weighted by Gasteiger charge is 2.24. The predicted octanol–water partition coefficient (Wildman–Crippen LogP) is 4.70. The molecule has 156 valence electrons. The summed E-state index contributed by atoms with van der Waals surface area (Å²) in [7, 11) is 0. The fourth-order valence-corrected chi connectivity index (χ4v) is 3.91. The lowest BCUT2D eigenvalue weighted by Gasteiger charge is -2.26. The van der Waals surface area contributed by atoms with Gasteiger partial charge in [0, 0.05) is 34.9 Å². The van der Waals surface area contributed by atoms with Crippen molar-refractivity contribution in [3.8, 4) is 0 Å². The minimum Gasteiger partial charge on any atom is -0.376 e. The molecule has 6 nitrogen and oxygen atoms in total. The zero-order valence-corrected chi connectivity index (χ0v) is 17.5. The monoisotopic (exact) mass is 425 g/mol. The minimum absolute atomic E-state index is 0.0307. The number of urea groups is 1. The number of aromatic nitrogens is 1. The zero-order chi connectivity index (χ0) is 21.1. The van der Waals surface area contributed by atoms with Crippen LogP contribution in [0.15, 0.2) is 53.3 Å². The van der Waals surface area contributed by atoms with Gasteiger partial charge in [0.25, 0.3) is 5.56 Å². The van der Waals surface area contributed by atoms with Gasteiger partial charge in [-0.05, 0) is 61.5 Å². The van der Waals surface area contributed by atoms with Crippen LogP contribution in [0.4, 0.5) is 10.5 Å². The number of hydrogen-bond donors (Lipinski definition) is 2. The molecule has 7 heteroatoms. The van der Waals surface area contributed by atoms with Crippen molar-refractivity contribution in [1.29, 1.82) is 0 Å². The van der Waals surface area contributed by atoms with Gasteiger partial charge in [0.05, 0.1) is 12.6 Å². The van der Waals surface area contributed by atoms with Crippen molar-refractivity contribution < 1.29 is 9.53 Å². The smallest absolute Gasteiger partial charge is 0.322 e. The lowest BCUT2D eigenvalue weighted by Crippen LogP contribution is -2.40. The first-order valence-corrected chi connectivity index (χ1v) is 10.4. The first-order valence-electron chi connectivity index (χ1n) is 10.0. The van der Waals surface area contributed by atoms with E-state index >= 15 is 0 Å². The molecule has 2 heterocycles. The SMILES string of the molecule is Cc1ccc2[nH]c(=O)c(CN(CC3CCCO3)C(=O)Nc3cccc(Cl)c3)cc2c1. The number of pyridine rings is 1. The number of nitrogens with zero attached hydrogens (tertiary/aromatic N) is 1. The third-order valence-electron chi connectivity index (χ3n) is 5.25. The van der Waals surface area contributed by atoms with Crippen molar-refractivity contribution >= 4 is 34.2 Å². The number of hydrogen-bond acceptors (Lipinski definition) is 3. The fourth-order valence-electron chi connectivity index (χ4n) is 3.72. The normalized spacial score (nSPS) is 16.0. The van der Waals surface area contributed by atoms with E-state index in [-0.39, 0.29) is 24.2 Å². The number of carbonyl (C=O) groups is 1. The summed E-state index contributed by atoms with van der Waals surface area (Å²) in [5, 5.41) is 4.36. The number of carbonyl (C=O) groups excluding carboxylic acids is 1. The van der Waals surface area contributed by atoms with Crippen molar-refractivity contribution in [2.45, 2.75) is 32.4 Å². The van der Waals surface area contributed by atoms with Crippen LogP contribution in [0.5, 0.6) is 0 Å². The number of aromatic amines is 1. The van der Waals surface area contributed by atoms with Crippen LogP contribution in [0.25, 0.3) is 10.9 Å². The summed E-state index contributed by atoms with van der Waals surface area (Å²) in [6, 6.07) is 14.4. The lowest BCUT2D eigenvalue weighted by molar-refractivity contribution is 0.0818. The van der Waals surface area contributed by atoms with Gasteiger partial charge >= 0.3 is 6.03 Å². The maximum absolute atomic E-state index is 13.0. The minimum atomic E-state index is -0.295. The highest BCUT2D eigenvalue weighted by Crippen LogP contribution is 2.19. The standard InChI is InChI=1S/C23H24ClN3O3/c1-15-7-8-21-16(10-15)11-17(22(28)26-21)13-27(14-20-6-3-9-30-20)23(29)25-19-5-2-4-18(24)12-19/h2,4-5,7-8,10-12,20H,3,6,9,13-14H2,1H3,(H,25,29)(H,26,28). The molecule has 0 aliphatic carbocycles. The quantitative estimate of drug-likeness (QED) is 0.622. The van der Waals surface area contributed by atoms with E-state index in [0.717, 1.165) is 29.3 Å². The number of aryl methyl sites for hydroxylation is 1. The van der Waals surface area contributed by atoms with Gasteiger partial charge in [-0.25, -0.2) is 4.79 Å². The molecular formula is C23H24ClN3O3. The second kappa shape index (κ2) is 8.90. The van der Waals surface area contributed by atoms with E-state index in [1.54, 1.807) is 29.2 Å². The topological polar surface area (TPSA) is 74.4 Å². The second-order valence-corrected chi connectivity index (χ2v) is 8.11. The highest BCUT2D eigenvalue weighted by molar-refractivity contribution is 6.30. The van der Waals surface area contributed by atoms with E-state index in [1.165, 1.54) is 0 Å². The van der Waals surface area contributed by atoms with E-state index in [9.17, 15) is 9.59 Å². The van der Waals surface area contributed by atoms with Crippen LogP contribution in [0, 0.1) is 6.92 Å². The van der Waals surface area contributed by atoms with Gasteiger partial charge < -0.3 is 19.9 Å². The second-order valence-electron chi connectivity index (χ2n) is 7.67. The molecule has 1 saturated heterocycles. The maximum Gasteiger partial charge on any atom is 0.322 e. The molecule has 0 spiro atoms. The molecule has 4 rings (SSSR count). The molecular weight excluding hydrogens is 402 g/mol. The maximum atomic E-state index is 13.0. The Morgan fingerprint density at radius 1 is 1.27 bits per heavy atom. The van der Waals surface area contributed by atoms with Gasteiger partial charge in [0.15, 0.2) is 0 Å².